The minimum absolute atomic E-state index is 0.0880. The van der Waals surface area contributed by atoms with Gasteiger partial charge in [-0.05, 0) is 24.3 Å². The predicted octanol–water partition coefficient (Wildman–Crippen LogP) is 3.69. The number of hydrogen-bond acceptors (Lipinski definition) is 7. The first kappa shape index (κ1) is 19.8. The molecule has 0 unspecified atom stereocenters. The molecule has 0 aliphatic rings. The normalized spacial score (nSPS) is 10.9. The topological polar surface area (TPSA) is 87.0 Å². The van der Waals surface area contributed by atoms with Gasteiger partial charge in [0.25, 0.3) is 0 Å². The zero-order valence-electron chi connectivity index (χ0n) is 16.3. The van der Waals surface area contributed by atoms with Crippen LogP contribution in [0, 0.1) is 5.82 Å². The van der Waals surface area contributed by atoms with Crippen molar-refractivity contribution in [3.05, 3.63) is 64.8 Å². The van der Waals surface area contributed by atoms with Crippen molar-refractivity contribution in [2.24, 2.45) is 0 Å². The van der Waals surface area contributed by atoms with E-state index in [1.165, 1.54) is 23.1 Å². The zero-order valence-corrected chi connectivity index (χ0v) is 17.0. The lowest BCUT2D eigenvalue weighted by Crippen LogP contribution is -2.07. The summed E-state index contributed by atoms with van der Waals surface area (Å²) in [7, 11) is 3.19. The smallest absolute Gasteiger partial charge is 0.158 e. The van der Waals surface area contributed by atoms with Crippen molar-refractivity contribution < 1.29 is 13.9 Å². The van der Waals surface area contributed by atoms with Crippen LogP contribution >= 0.6 is 11.6 Å². The summed E-state index contributed by atoms with van der Waals surface area (Å²) < 4.78 is 24.6. The summed E-state index contributed by atoms with van der Waals surface area (Å²) >= 11 is 6.16. The molecule has 8 nitrogen and oxygen atoms in total. The zero-order chi connectivity index (χ0) is 21.1. The third-order valence-corrected chi connectivity index (χ3v) is 4.64. The van der Waals surface area contributed by atoms with Crippen molar-refractivity contribution in [2.75, 3.05) is 19.5 Å². The number of benzene rings is 1. The molecule has 0 atom stereocenters. The predicted molar refractivity (Wildman–Crippen MR) is 111 cm³/mol. The maximum absolute atomic E-state index is 13.9. The van der Waals surface area contributed by atoms with Gasteiger partial charge in [0.1, 0.15) is 34.5 Å². The second-order valence-electron chi connectivity index (χ2n) is 6.35. The summed E-state index contributed by atoms with van der Waals surface area (Å²) in [4.78, 5) is 9.73. The molecule has 1 N–H and O–H groups in total. The van der Waals surface area contributed by atoms with Crippen LogP contribution in [0.4, 0.5) is 10.2 Å². The number of aromatic nitrogens is 5. The van der Waals surface area contributed by atoms with Gasteiger partial charge in [0.15, 0.2) is 11.3 Å². The Morgan fingerprint density at radius 1 is 1.13 bits per heavy atom. The third kappa shape index (κ3) is 4.11. The molecule has 10 heteroatoms. The summed E-state index contributed by atoms with van der Waals surface area (Å²) in [5.74, 6) is 1.42. The number of fused-ring (bicyclic) bond motifs is 1. The highest BCUT2D eigenvalue weighted by Gasteiger charge is 2.14. The van der Waals surface area contributed by atoms with Crippen molar-refractivity contribution in [1.29, 1.82) is 0 Å². The van der Waals surface area contributed by atoms with E-state index >= 15 is 0 Å². The number of hydrogen-bond donors (Lipinski definition) is 1. The van der Waals surface area contributed by atoms with Crippen LogP contribution in [-0.2, 0) is 13.1 Å². The molecule has 0 bridgehead atoms. The van der Waals surface area contributed by atoms with Crippen LogP contribution in [0.15, 0.2) is 42.6 Å². The molecule has 0 radical (unpaired) electrons. The number of nitrogens with zero attached hydrogens (tertiary/aromatic N) is 5. The monoisotopic (exact) mass is 428 g/mol. The largest absolute Gasteiger partial charge is 0.497 e. The van der Waals surface area contributed by atoms with Gasteiger partial charge in [-0.15, -0.1) is 5.10 Å². The number of halogens is 2. The summed E-state index contributed by atoms with van der Waals surface area (Å²) in [5, 5.41) is 12.3. The Kier molecular flexibility index (Phi) is 5.62. The Labute approximate surface area is 176 Å². The van der Waals surface area contributed by atoms with Crippen LogP contribution in [-0.4, -0.2) is 39.2 Å². The highest BCUT2D eigenvalue weighted by Crippen LogP contribution is 2.27. The average Bonchev–Trinajstić information content (AvgIpc) is 3.15. The van der Waals surface area contributed by atoms with E-state index in [9.17, 15) is 4.39 Å². The first-order chi connectivity index (χ1) is 14.6. The van der Waals surface area contributed by atoms with E-state index in [1.54, 1.807) is 26.4 Å². The van der Waals surface area contributed by atoms with E-state index in [2.05, 4.69) is 25.5 Å². The Morgan fingerprint density at radius 3 is 2.77 bits per heavy atom. The van der Waals surface area contributed by atoms with Crippen LogP contribution in [0.1, 0.15) is 11.3 Å². The van der Waals surface area contributed by atoms with Crippen molar-refractivity contribution in [1.82, 2.24) is 25.0 Å². The molecule has 1 aromatic carbocycles. The lowest BCUT2D eigenvalue weighted by molar-refractivity contribution is 0.391. The van der Waals surface area contributed by atoms with Gasteiger partial charge in [0, 0.05) is 30.4 Å². The van der Waals surface area contributed by atoms with Crippen LogP contribution in [0.2, 0.25) is 5.15 Å². The quantitative estimate of drug-likeness (QED) is 0.449. The Bertz CT molecular complexity index is 1200. The van der Waals surface area contributed by atoms with Crippen molar-refractivity contribution in [3.8, 4) is 11.5 Å². The summed E-state index contributed by atoms with van der Waals surface area (Å²) in [6.45, 7) is 0.502. The molecule has 0 saturated carbocycles. The molecule has 4 aromatic rings. The SMILES string of the molecule is COc1ccc(CNc2nc(Cl)cc3nn(Cc4ncccc4F)nc23)c(OC)c1. The molecule has 154 valence electrons. The van der Waals surface area contributed by atoms with Gasteiger partial charge in [-0.25, -0.2) is 9.37 Å². The summed E-state index contributed by atoms with van der Waals surface area (Å²) in [5.41, 5.74) is 2.20. The van der Waals surface area contributed by atoms with Crippen LogP contribution in [0.3, 0.4) is 0 Å². The maximum Gasteiger partial charge on any atom is 0.158 e. The number of rotatable bonds is 7. The molecule has 4 rings (SSSR count). The molecule has 0 fully saturated rings. The summed E-state index contributed by atoms with van der Waals surface area (Å²) in [6.07, 6.45) is 1.52. The van der Waals surface area contributed by atoms with E-state index in [0.29, 0.717) is 34.9 Å². The molecule has 0 aliphatic heterocycles. The molecule has 0 amide bonds. The first-order valence-electron chi connectivity index (χ1n) is 9.03. The Morgan fingerprint density at radius 2 is 2.00 bits per heavy atom. The standard InChI is InChI=1S/C20H18ClFN6O2/c1-29-13-6-5-12(17(8-13)30-2)10-24-20-19-15(9-18(21)25-20)26-28(27-19)11-16-14(22)4-3-7-23-16/h3-9H,10-11H2,1-2H3,(H,24,25). The molecule has 3 heterocycles. The van der Waals surface area contributed by atoms with Gasteiger partial charge in [-0.1, -0.05) is 11.6 Å². The molecular weight excluding hydrogens is 411 g/mol. The average molecular weight is 429 g/mol. The van der Waals surface area contributed by atoms with Crippen molar-refractivity contribution >= 4 is 28.5 Å². The molecule has 0 saturated heterocycles. The van der Waals surface area contributed by atoms with Crippen molar-refractivity contribution in [3.63, 3.8) is 0 Å². The van der Waals surface area contributed by atoms with Gasteiger partial charge in [0.05, 0.1) is 19.9 Å². The van der Waals surface area contributed by atoms with Crippen LogP contribution < -0.4 is 14.8 Å². The highest BCUT2D eigenvalue weighted by atomic mass is 35.5. The van der Waals surface area contributed by atoms with E-state index in [1.807, 2.05) is 12.1 Å². The van der Waals surface area contributed by atoms with Crippen LogP contribution in [0.25, 0.3) is 11.0 Å². The Balaban J connectivity index is 1.61. The van der Waals surface area contributed by atoms with Gasteiger partial charge >= 0.3 is 0 Å². The fourth-order valence-electron chi connectivity index (χ4n) is 2.97. The minimum atomic E-state index is -0.417. The highest BCUT2D eigenvalue weighted by molar-refractivity contribution is 6.30. The number of nitrogens with one attached hydrogen (secondary N) is 1. The fourth-order valence-corrected chi connectivity index (χ4v) is 3.16. The molecule has 3 aromatic heterocycles. The van der Waals surface area contributed by atoms with Gasteiger partial charge < -0.3 is 14.8 Å². The van der Waals surface area contributed by atoms with Gasteiger partial charge in [0.2, 0.25) is 0 Å². The molecule has 30 heavy (non-hydrogen) atoms. The van der Waals surface area contributed by atoms with E-state index in [4.69, 9.17) is 21.1 Å². The fraction of sp³-hybridized carbons (Fsp3) is 0.200. The first-order valence-corrected chi connectivity index (χ1v) is 9.40. The number of pyridine rings is 2. The van der Waals surface area contributed by atoms with Gasteiger partial charge in [-0.2, -0.15) is 9.90 Å². The Hall–Kier alpha value is -3.46. The maximum atomic E-state index is 13.9. The van der Waals surface area contributed by atoms with E-state index in [0.717, 1.165) is 5.56 Å². The minimum Gasteiger partial charge on any atom is -0.497 e. The van der Waals surface area contributed by atoms with E-state index in [-0.39, 0.29) is 17.4 Å². The molecule has 0 aliphatic carbocycles. The second kappa shape index (κ2) is 8.50. The van der Waals surface area contributed by atoms with Crippen LogP contribution in [0.5, 0.6) is 11.5 Å². The summed E-state index contributed by atoms with van der Waals surface area (Å²) in [6, 6.07) is 10.0. The lowest BCUT2D eigenvalue weighted by Gasteiger charge is -2.12. The number of methoxy groups -OCH3 is 2. The number of ether oxygens (including phenoxy) is 2. The third-order valence-electron chi connectivity index (χ3n) is 4.45. The lowest BCUT2D eigenvalue weighted by atomic mass is 10.2. The van der Waals surface area contributed by atoms with E-state index < -0.39 is 5.82 Å². The van der Waals surface area contributed by atoms with Crippen molar-refractivity contribution in [2.45, 2.75) is 13.1 Å². The second-order valence-corrected chi connectivity index (χ2v) is 6.74. The van der Waals surface area contributed by atoms with Gasteiger partial charge in [-0.3, -0.25) is 4.98 Å². The molecular formula is C20H18ClFN6O2. The molecule has 0 spiro atoms. The number of anilines is 1.